The van der Waals surface area contributed by atoms with Gasteiger partial charge >= 0.3 is 0 Å². The standard InChI is InChI=1S/C13H9ClN2/c1-9-4-5-16-8-13(9)12-3-2-11(14)6-10(12)7-15/h2-6,8H,1H3. The summed E-state index contributed by atoms with van der Waals surface area (Å²) >= 11 is 5.86. The lowest BCUT2D eigenvalue weighted by atomic mass is 9.98. The van der Waals surface area contributed by atoms with Crippen LogP contribution in [-0.2, 0) is 0 Å². The van der Waals surface area contributed by atoms with Gasteiger partial charge in [0.1, 0.15) is 0 Å². The zero-order valence-corrected chi connectivity index (χ0v) is 9.49. The fourth-order valence-electron chi connectivity index (χ4n) is 1.59. The molecule has 0 radical (unpaired) electrons. The smallest absolute Gasteiger partial charge is 0.0998 e. The molecule has 1 aromatic heterocycles. The van der Waals surface area contributed by atoms with E-state index in [0.717, 1.165) is 16.7 Å². The second-order valence-electron chi connectivity index (χ2n) is 3.49. The van der Waals surface area contributed by atoms with Gasteiger partial charge in [-0.25, -0.2) is 0 Å². The predicted molar refractivity (Wildman–Crippen MR) is 64.1 cm³/mol. The lowest BCUT2D eigenvalue weighted by Gasteiger charge is -2.07. The summed E-state index contributed by atoms with van der Waals surface area (Å²) in [4.78, 5) is 4.08. The van der Waals surface area contributed by atoms with E-state index in [4.69, 9.17) is 16.9 Å². The molecule has 3 heteroatoms. The number of hydrogen-bond acceptors (Lipinski definition) is 2. The Hall–Kier alpha value is -1.85. The van der Waals surface area contributed by atoms with Gasteiger partial charge in [0.2, 0.25) is 0 Å². The van der Waals surface area contributed by atoms with Crippen LogP contribution in [0.15, 0.2) is 36.7 Å². The second-order valence-corrected chi connectivity index (χ2v) is 3.93. The van der Waals surface area contributed by atoms with Crippen molar-refractivity contribution >= 4 is 11.6 Å². The van der Waals surface area contributed by atoms with Crippen LogP contribution in [0, 0.1) is 18.3 Å². The molecule has 0 aliphatic carbocycles. The highest BCUT2D eigenvalue weighted by Gasteiger charge is 2.07. The van der Waals surface area contributed by atoms with Crippen LogP contribution < -0.4 is 0 Å². The van der Waals surface area contributed by atoms with Crippen LogP contribution in [0.2, 0.25) is 5.02 Å². The number of halogens is 1. The molecule has 0 saturated heterocycles. The van der Waals surface area contributed by atoms with Crippen LogP contribution >= 0.6 is 11.6 Å². The van der Waals surface area contributed by atoms with E-state index in [2.05, 4.69) is 11.1 Å². The topological polar surface area (TPSA) is 36.7 Å². The first-order valence-corrected chi connectivity index (χ1v) is 5.21. The largest absolute Gasteiger partial charge is 0.264 e. The van der Waals surface area contributed by atoms with Crippen LogP contribution in [0.4, 0.5) is 0 Å². The highest BCUT2D eigenvalue weighted by molar-refractivity contribution is 6.30. The van der Waals surface area contributed by atoms with Gasteiger partial charge in [-0.2, -0.15) is 5.26 Å². The fraction of sp³-hybridized carbons (Fsp3) is 0.0769. The summed E-state index contributed by atoms with van der Waals surface area (Å²) in [6, 6.07) is 9.38. The number of pyridine rings is 1. The summed E-state index contributed by atoms with van der Waals surface area (Å²) in [5.74, 6) is 0. The van der Waals surface area contributed by atoms with E-state index in [9.17, 15) is 0 Å². The number of hydrogen-bond donors (Lipinski definition) is 0. The van der Waals surface area contributed by atoms with Crippen molar-refractivity contribution in [3.8, 4) is 17.2 Å². The van der Waals surface area contributed by atoms with E-state index in [-0.39, 0.29) is 0 Å². The highest BCUT2D eigenvalue weighted by Crippen LogP contribution is 2.27. The number of aromatic nitrogens is 1. The molecule has 1 heterocycles. The van der Waals surface area contributed by atoms with E-state index in [1.54, 1.807) is 24.5 Å². The number of nitriles is 1. The molecule has 0 aliphatic heterocycles. The molecule has 78 valence electrons. The molecule has 0 saturated carbocycles. The van der Waals surface area contributed by atoms with Gasteiger partial charge in [0.05, 0.1) is 11.6 Å². The third-order valence-electron chi connectivity index (χ3n) is 2.43. The van der Waals surface area contributed by atoms with E-state index in [0.29, 0.717) is 10.6 Å². The Morgan fingerprint density at radius 3 is 2.75 bits per heavy atom. The minimum atomic E-state index is 0.571. The Labute approximate surface area is 99.1 Å². The molecule has 2 rings (SSSR count). The molecule has 0 spiro atoms. The van der Waals surface area contributed by atoms with Gasteiger partial charge in [0, 0.05) is 28.5 Å². The van der Waals surface area contributed by atoms with Gasteiger partial charge < -0.3 is 0 Å². The van der Waals surface area contributed by atoms with Crippen LogP contribution in [0.1, 0.15) is 11.1 Å². The number of nitrogens with zero attached hydrogens (tertiary/aromatic N) is 2. The van der Waals surface area contributed by atoms with Crippen molar-refractivity contribution in [1.82, 2.24) is 4.98 Å². The zero-order chi connectivity index (χ0) is 11.5. The average Bonchev–Trinajstić information content (AvgIpc) is 2.30. The van der Waals surface area contributed by atoms with Gasteiger partial charge in [0.15, 0.2) is 0 Å². The average molecular weight is 229 g/mol. The molecular weight excluding hydrogens is 220 g/mol. The lowest BCUT2D eigenvalue weighted by molar-refractivity contribution is 1.28. The molecule has 0 bridgehead atoms. The zero-order valence-electron chi connectivity index (χ0n) is 8.74. The SMILES string of the molecule is Cc1ccncc1-c1ccc(Cl)cc1C#N. The molecule has 0 N–H and O–H groups in total. The van der Waals surface area contributed by atoms with Crippen molar-refractivity contribution in [2.45, 2.75) is 6.92 Å². The molecule has 2 aromatic rings. The summed E-state index contributed by atoms with van der Waals surface area (Å²) in [7, 11) is 0. The van der Waals surface area contributed by atoms with Gasteiger partial charge in [-0.3, -0.25) is 4.98 Å². The molecule has 16 heavy (non-hydrogen) atoms. The maximum absolute atomic E-state index is 9.07. The van der Waals surface area contributed by atoms with E-state index >= 15 is 0 Å². The Kier molecular flexibility index (Phi) is 2.89. The first-order valence-electron chi connectivity index (χ1n) is 4.83. The summed E-state index contributed by atoms with van der Waals surface area (Å²) in [6.07, 6.45) is 3.50. The first kappa shape index (κ1) is 10.7. The van der Waals surface area contributed by atoms with Crippen molar-refractivity contribution in [2.75, 3.05) is 0 Å². The second kappa shape index (κ2) is 4.34. The van der Waals surface area contributed by atoms with Crippen LogP contribution in [-0.4, -0.2) is 4.98 Å². The Balaban J connectivity index is 2.66. The molecule has 1 aromatic carbocycles. The molecule has 0 atom stereocenters. The van der Waals surface area contributed by atoms with Crippen molar-refractivity contribution in [2.24, 2.45) is 0 Å². The lowest BCUT2D eigenvalue weighted by Crippen LogP contribution is -1.88. The highest BCUT2D eigenvalue weighted by atomic mass is 35.5. The molecule has 0 fully saturated rings. The monoisotopic (exact) mass is 228 g/mol. The van der Waals surface area contributed by atoms with E-state index in [1.807, 2.05) is 19.1 Å². The molecule has 0 unspecified atom stereocenters. The number of benzene rings is 1. The number of rotatable bonds is 1. The van der Waals surface area contributed by atoms with Crippen molar-refractivity contribution in [1.29, 1.82) is 5.26 Å². The summed E-state index contributed by atoms with van der Waals surface area (Å²) in [6.45, 7) is 1.99. The number of aryl methyl sites for hydroxylation is 1. The Morgan fingerprint density at radius 2 is 2.06 bits per heavy atom. The van der Waals surface area contributed by atoms with Crippen LogP contribution in [0.5, 0.6) is 0 Å². The minimum absolute atomic E-state index is 0.571. The maximum Gasteiger partial charge on any atom is 0.0998 e. The Morgan fingerprint density at radius 1 is 1.25 bits per heavy atom. The third kappa shape index (κ3) is 1.91. The quantitative estimate of drug-likeness (QED) is 0.748. The van der Waals surface area contributed by atoms with Crippen LogP contribution in [0.3, 0.4) is 0 Å². The van der Waals surface area contributed by atoms with Gasteiger partial charge in [-0.1, -0.05) is 17.7 Å². The minimum Gasteiger partial charge on any atom is -0.264 e. The maximum atomic E-state index is 9.07. The normalized spacial score (nSPS) is 9.81. The van der Waals surface area contributed by atoms with Crippen molar-refractivity contribution in [3.63, 3.8) is 0 Å². The van der Waals surface area contributed by atoms with Gasteiger partial charge in [0.25, 0.3) is 0 Å². The summed E-state index contributed by atoms with van der Waals surface area (Å²) in [5, 5.41) is 9.64. The van der Waals surface area contributed by atoms with Crippen LogP contribution in [0.25, 0.3) is 11.1 Å². The summed E-state index contributed by atoms with van der Waals surface area (Å²) in [5.41, 5.74) is 3.51. The Bertz CT molecular complexity index is 570. The van der Waals surface area contributed by atoms with Gasteiger partial charge in [-0.15, -0.1) is 0 Å². The third-order valence-corrected chi connectivity index (χ3v) is 2.67. The van der Waals surface area contributed by atoms with Gasteiger partial charge in [-0.05, 0) is 30.7 Å². The summed E-state index contributed by atoms with van der Waals surface area (Å²) < 4.78 is 0. The predicted octanol–water partition coefficient (Wildman–Crippen LogP) is 3.58. The van der Waals surface area contributed by atoms with Crippen molar-refractivity contribution < 1.29 is 0 Å². The molecule has 0 aliphatic rings. The van der Waals surface area contributed by atoms with E-state index in [1.165, 1.54) is 0 Å². The first-order chi connectivity index (χ1) is 7.72. The fourth-order valence-corrected chi connectivity index (χ4v) is 1.76. The van der Waals surface area contributed by atoms with Crippen molar-refractivity contribution in [3.05, 3.63) is 52.8 Å². The molecule has 2 nitrogen and oxygen atoms in total. The van der Waals surface area contributed by atoms with E-state index < -0.39 is 0 Å². The molecular formula is C13H9ClN2. The molecule has 0 amide bonds.